The maximum atomic E-state index is 12.6. The number of carboxylic acid groups (broad SMARTS) is 1. The number of alkyl halides is 3. The molecule has 0 aliphatic heterocycles. The van der Waals surface area contributed by atoms with Crippen molar-refractivity contribution >= 4 is 5.97 Å². The predicted molar refractivity (Wildman–Crippen MR) is 69.7 cm³/mol. The highest BCUT2D eigenvalue weighted by Crippen LogP contribution is 2.33. The minimum atomic E-state index is -4.48. The van der Waals surface area contributed by atoms with Gasteiger partial charge in [-0.05, 0) is 37.3 Å². The second-order valence-electron chi connectivity index (χ2n) is 4.43. The average Bonchev–Trinajstić information content (AvgIpc) is 2.40. The summed E-state index contributed by atoms with van der Waals surface area (Å²) in [6, 6.07) is 8.71. The lowest BCUT2D eigenvalue weighted by Crippen LogP contribution is -2.05. The van der Waals surface area contributed by atoms with Crippen LogP contribution < -0.4 is 4.74 Å². The van der Waals surface area contributed by atoms with Crippen molar-refractivity contribution in [3.63, 3.8) is 0 Å². The van der Waals surface area contributed by atoms with Gasteiger partial charge in [0, 0.05) is 0 Å². The smallest absolute Gasteiger partial charge is 0.416 e. The van der Waals surface area contributed by atoms with Gasteiger partial charge < -0.3 is 9.84 Å². The first-order chi connectivity index (χ1) is 9.77. The van der Waals surface area contributed by atoms with Crippen LogP contribution in [-0.2, 0) is 6.18 Å². The zero-order chi connectivity index (χ0) is 15.6. The summed E-state index contributed by atoms with van der Waals surface area (Å²) in [4.78, 5) is 11.1. The third kappa shape index (κ3) is 3.53. The zero-order valence-electron chi connectivity index (χ0n) is 10.9. The maximum Gasteiger partial charge on any atom is 0.416 e. The molecule has 0 heterocycles. The van der Waals surface area contributed by atoms with Crippen LogP contribution in [-0.4, -0.2) is 11.1 Å². The molecule has 0 fully saturated rings. The van der Waals surface area contributed by atoms with Crippen LogP contribution in [0.3, 0.4) is 0 Å². The van der Waals surface area contributed by atoms with Crippen LogP contribution in [0.15, 0.2) is 42.5 Å². The van der Waals surface area contributed by atoms with Gasteiger partial charge >= 0.3 is 12.1 Å². The quantitative estimate of drug-likeness (QED) is 0.906. The zero-order valence-corrected chi connectivity index (χ0v) is 10.9. The van der Waals surface area contributed by atoms with Gasteiger partial charge in [-0.3, -0.25) is 0 Å². The van der Waals surface area contributed by atoms with E-state index in [1.165, 1.54) is 24.3 Å². The van der Waals surface area contributed by atoms with Crippen molar-refractivity contribution in [3.8, 4) is 11.5 Å². The summed E-state index contributed by atoms with van der Waals surface area (Å²) in [5, 5.41) is 9.09. The fourth-order valence-corrected chi connectivity index (χ4v) is 1.76. The topological polar surface area (TPSA) is 46.5 Å². The number of hydrogen-bond acceptors (Lipinski definition) is 2. The largest absolute Gasteiger partial charge is 0.478 e. The number of halogens is 3. The minimum Gasteiger partial charge on any atom is -0.478 e. The molecule has 21 heavy (non-hydrogen) atoms. The van der Waals surface area contributed by atoms with E-state index in [1.807, 2.05) is 0 Å². The van der Waals surface area contributed by atoms with Crippen LogP contribution in [0.2, 0.25) is 0 Å². The number of aryl methyl sites for hydroxylation is 1. The van der Waals surface area contributed by atoms with Crippen LogP contribution in [0.1, 0.15) is 21.5 Å². The lowest BCUT2D eigenvalue weighted by Gasteiger charge is -2.12. The Balaban J connectivity index is 2.37. The van der Waals surface area contributed by atoms with Gasteiger partial charge in [-0.1, -0.05) is 17.7 Å². The molecule has 0 saturated carbocycles. The van der Waals surface area contributed by atoms with Gasteiger partial charge in [-0.15, -0.1) is 0 Å². The van der Waals surface area contributed by atoms with Gasteiger partial charge in [0.25, 0.3) is 0 Å². The third-order valence-electron chi connectivity index (χ3n) is 2.75. The van der Waals surface area contributed by atoms with Gasteiger partial charge in [-0.2, -0.15) is 13.2 Å². The molecule has 3 nitrogen and oxygen atoms in total. The average molecular weight is 296 g/mol. The van der Waals surface area contributed by atoms with Crippen LogP contribution >= 0.6 is 0 Å². The summed E-state index contributed by atoms with van der Waals surface area (Å²) in [5.41, 5.74) is -0.250. The van der Waals surface area contributed by atoms with Gasteiger partial charge in [-0.25, -0.2) is 4.79 Å². The first-order valence-electron chi connectivity index (χ1n) is 5.96. The minimum absolute atomic E-state index is 0.00701. The van der Waals surface area contributed by atoms with Gasteiger partial charge in [0.15, 0.2) is 0 Å². The Morgan fingerprint density at radius 1 is 1.14 bits per heavy atom. The summed E-state index contributed by atoms with van der Waals surface area (Å²) in [6.45, 7) is 1.71. The number of carbonyl (C=O) groups is 1. The molecule has 2 aromatic carbocycles. The van der Waals surface area contributed by atoms with Crippen molar-refractivity contribution in [3.05, 3.63) is 59.2 Å². The first kappa shape index (κ1) is 14.9. The SMILES string of the molecule is Cc1ccc(Oc2cccc(C(F)(F)F)c2)c(C(=O)O)c1. The lowest BCUT2D eigenvalue weighted by atomic mass is 10.1. The monoisotopic (exact) mass is 296 g/mol. The van der Waals surface area contributed by atoms with Crippen LogP contribution in [0.25, 0.3) is 0 Å². The summed E-state index contributed by atoms with van der Waals surface area (Å²) < 4.78 is 43.1. The van der Waals surface area contributed by atoms with Gasteiger partial charge in [0.1, 0.15) is 17.1 Å². The fourth-order valence-electron chi connectivity index (χ4n) is 1.76. The first-order valence-corrected chi connectivity index (χ1v) is 5.96. The van der Waals surface area contributed by atoms with E-state index in [-0.39, 0.29) is 17.1 Å². The van der Waals surface area contributed by atoms with E-state index in [1.54, 1.807) is 13.0 Å². The van der Waals surface area contributed by atoms with Gasteiger partial charge in [0.05, 0.1) is 5.56 Å². The molecule has 0 radical (unpaired) electrons. The Morgan fingerprint density at radius 3 is 2.48 bits per heavy atom. The second-order valence-corrected chi connectivity index (χ2v) is 4.43. The lowest BCUT2D eigenvalue weighted by molar-refractivity contribution is -0.137. The standard InChI is InChI=1S/C15H11F3O3/c1-9-5-6-13(12(7-9)14(19)20)21-11-4-2-3-10(8-11)15(16,17)18/h2-8H,1H3,(H,19,20). The molecule has 0 atom stereocenters. The molecular weight excluding hydrogens is 285 g/mol. The molecule has 110 valence electrons. The Labute approximate surface area is 118 Å². The molecule has 2 rings (SSSR count). The van der Waals surface area contributed by atoms with E-state index in [4.69, 9.17) is 9.84 Å². The van der Waals surface area contributed by atoms with E-state index in [0.29, 0.717) is 5.56 Å². The number of hydrogen-bond donors (Lipinski definition) is 1. The van der Waals surface area contributed by atoms with Crippen molar-refractivity contribution in [2.24, 2.45) is 0 Å². The number of aromatic carboxylic acids is 1. The number of carboxylic acids is 1. The number of benzene rings is 2. The highest BCUT2D eigenvalue weighted by Gasteiger charge is 2.30. The summed E-state index contributed by atoms with van der Waals surface area (Å²) >= 11 is 0. The maximum absolute atomic E-state index is 12.6. The molecular formula is C15H11F3O3. The molecule has 0 aromatic heterocycles. The van der Waals surface area contributed by atoms with Crippen molar-refractivity contribution in [1.29, 1.82) is 0 Å². The molecule has 6 heteroatoms. The highest BCUT2D eigenvalue weighted by molar-refractivity contribution is 5.91. The summed E-state index contributed by atoms with van der Waals surface area (Å²) in [5.74, 6) is -1.29. The normalized spacial score (nSPS) is 11.2. The van der Waals surface area contributed by atoms with Crippen molar-refractivity contribution in [2.45, 2.75) is 13.1 Å². The Morgan fingerprint density at radius 2 is 1.86 bits per heavy atom. The molecule has 0 saturated heterocycles. The molecule has 2 aromatic rings. The number of rotatable bonds is 3. The van der Waals surface area contributed by atoms with E-state index >= 15 is 0 Å². The van der Waals surface area contributed by atoms with Crippen LogP contribution in [0.5, 0.6) is 11.5 Å². The molecule has 0 unspecified atom stereocenters. The van der Waals surface area contributed by atoms with E-state index in [9.17, 15) is 18.0 Å². The Hall–Kier alpha value is -2.50. The van der Waals surface area contributed by atoms with Crippen molar-refractivity contribution in [2.75, 3.05) is 0 Å². The van der Waals surface area contributed by atoms with Crippen LogP contribution in [0.4, 0.5) is 13.2 Å². The van der Waals surface area contributed by atoms with Crippen molar-refractivity contribution < 1.29 is 27.8 Å². The molecule has 1 N–H and O–H groups in total. The summed E-state index contributed by atoms with van der Waals surface area (Å²) in [6.07, 6.45) is -4.48. The van der Waals surface area contributed by atoms with Crippen LogP contribution in [0, 0.1) is 6.92 Å². The fraction of sp³-hybridized carbons (Fsp3) is 0.133. The Kier molecular flexibility index (Phi) is 3.88. The van der Waals surface area contributed by atoms with E-state index in [0.717, 1.165) is 12.1 Å². The third-order valence-corrected chi connectivity index (χ3v) is 2.75. The number of ether oxygens (including phenoxy) is 1. The molecule has 0 bridgehead atoms. The molecule has 0 spiro atoms. The molecule has 0 aliphatic carbocycles. The Bertz CT molecular complexity index is 678. The van der Waals surface area contributed by atoms with Crippen molar-refractivity contribution in [1.82, 2.24) is 0 Å². The summed E-state index contributed by atoms with van der Waals surface area (Å²) in [7, 11) is 0. The van der Waals surface area contributed by atoms with E-state index < -0.39 is 17.7 Å². The molecule has 0 amide bonds. The highest BCUT2D eigenvalue weighted by atomic mass is 19.4. The molecule has 0 aliphatic rings. The van der Waals surface area contributed by atoms with Gasteiger partial charge in [0.2, 0.25) is 0 Å². The predicted octanol–water partition coefficient (Wildman–Crippen LogP) is 4.50. The van der Waals surface area contributed by atoms with E-state index in [2.05, 4.69) is 0 Å². The second kappa shape index (κ2) is 5.47.